The van der Waals surface area contributed by atoms with Crippen molar-refractivity contribution in [2.75, 3.05) is 6.61 Å². The number of ether oxygens (including phenoxy) is 2. The molecule has 4 aliphatic carbocycles. The van der Waals surface area contributed by atoms with Crippen LogP contribution in [0.25, 0.3) is 0 Å². The number of fused-ring (bicyclic) bond motifs is 5. The molecule has 0 spiro atoms. The lowest BCUT2D eigenvalue weighted by molar-refractivity contribution is -0.244. The smallest absolute Gasteiger partial charge is 0.331 e. The zero-order valence-electron chi connectivity index (χ0n) is 18.9. The van der Waals surface area contributed by atoms with Gasteiger partial charge in [0.15, 0.2) is 0 Å². The fourth-order valence-electron chi connectivity index (χ4n) is 8.58. The van der Waals surface area contributed by atoms with E-state index in [2.05, 4.69) is 13.0 Å². The number of rotatable bonds is 2. The summed E-state index contributed by atoms with van der Waals surface area (Å²) in [7, 11) is 0. The highest BCUT2D eigenvalue weighted by Crippen LogP contribution is 2.70. The molecule has 0 bridgehead atoms. The number of nitrogens with zero attached hydrogens (tertiary/aromatic N) is 1. The number of carbonyl (C=O) groups excluding carboxylic acids is 2. The van der Waals surface area contributed by atoms with E-state index < -0.39 is 16.6 Å². The van der Waals surface area contributed by atoms with Gasteiger partial charge in [-0.1, -0.05) is 6.92 Å². The van der Waals surface area contributed by atoms with Crippen molar-refractivity contribution in [3.05, 3.63) is 11.6 Å². The molecule has 7 nitrogen and oxygen atoms in total. The van der Waals surface area contributed by atoms with Gasteiger partial charge in [-0.15, -0.1) is 0 Å². The summed E-state index contributed by atoms with van der Waals surface area (Å²) in [4.78, 5) is 23.2. The molecule has 0 radical (unpaired) electrons. The van der Waals surface area contributed by atoms with Crippen molar-refractivity contribution in [3.8, 4) is 6.07 Å². The molecule has 0 saturated heterocycles. The van der Waals surface area contributed by atoms with Crippen LogP contribution in [0.5, 0.6) is 0 Å². The van der Waals surface area contributed by atoms with Gasteiger partial charge in [-0.05, 0) is 74.7 Å². The number of hydrogen-bond acceptors (Lipinski definition) is 7. The second kappa shape index (κ2) is 7.04. The van der Waals surface area contributed by atoms with Crippen LogP contribution < -0.4 is 0 Å². The predicted octanol–water partition coefficient (Wildman–Crippen LogP) is 2.79. The fourth-order valence-corrected chi connectivity index (χ4v) is 8.58. The topological polar surface area (TPSA) is 117 Å². The lowest BCUT2D eigenvalue weighted by atomic mass is 9.41. The van der Waals surface area contributed by atoms with Crippen LogP contribution in [-0.2, 0) is 19.1 Å². The first-order valence-electron chi connectivity index (χ1n) is 12.0. The minimum atomic E-state index is -1.21. The van der Waals surface area contributed by atoms with Crippen molar-refractivity contribution >= 4 is 11.9 Å². The van der Waals surface area contributed by atoms with Gasteiger partial charge in [0.05, 0.1) is 22.7 Å². The summed E-state index contributed by atoms with van der Waals surface area (Å²) in [5, 5.41) is 34.4. The predicted molar refractivity (Wildman–Crippen MR) is 113 cm³/mol. The summed E-state index contributed by atoms with van der Waals surface area (Å²) < 4.78 is 10.6. The molecule has 5 aliphatic rings. The molecule has 8 atom stereocenters. The first-order chi connectivity index (χ1) is 15.1. The Morgan fingerprint density at radius 1 is 1.16 bits per heavy atom. The molecule has 174 valence electrons. The first-order valence-corrected chi connectivity index (χ1v) is 12.0. The van der Waals surface area contributed by atoms with Gasteiger partial charge in [0.2, 0.25) is 0 Å². The molecule has 0 aromatic heterocycles. The Balaban J connectivity index is 1.47. The van der Waals surface area contributed by atoms with Gasteiger partial charge >= 0.3 is 11.9 Å². The van der Waals surface area contributed by atoms with Crippen molar-refractivity contribution < 1.29 is 29.3 Å². The van der Waals surface area contributed by atoms with Crippen LogP contribution in [0.1, 0.15) is 71.6 Å². The third kappa shape index (κ3) is 2.72. The second-order valence-corrected chi connectivity index (χ2v) is 11.1. The van der Waals surface area contributed by atoms with Gasteiger partial charge in [-0.3, -0.25) is 4.79 Å². The monoisotopic (exact) mass is 443 g/mol. The van der Waals surface area contributed by atoms with E-state index in [4.69, 9.17) is 9.47 Å². The van der Waals surface area contributed by atoms with Gasteiger partial charge in [0, 0.05) is 24.8 Å². The van der Waals surface area contributed by atoms with E-state index in [-0.39, 0.29) is 47.6 Å². The van der Waals surface area contributed by atoms with Crippen LogP contribution in [0.3, 0.4) is 0 Å². The van der Waals surface area contributed by atoms with Crippen LogP contribution in [0.4, 0.5) is 0 Å². The molecule has 1 heterocycles. The highest BCUT2D eigenvalue weighted by atomic mass is 16.5. The molecule has 2 N–H and O–H groups in total. The number of cyclic esters (lactones) is 1. The number of aliphatic hydroxyl groups is 2. The van der Waals surface area contributed by atoms with E-state index in [0.717, 1.165) is 24.8 Å². The van der Waals surface area contributed by atoms with Gasteiger partial charge < -0.3 is 19.7 Å². The van der Waals surface area contributed by atoms with Crippen LogP contribution in [-0.4, -0.2) is 46.1 Å². The molecule has 5 rings (SSSR count). The Labute approximate surface area is 188 Å². The fraction of sp³-hybridized carbons (Fsp3) is 0.800. The zero-order chi connectivity index (χ0) is 22.9. The van der Waals surface area contributed by atoms with E-state index in [9.17, 15) is 25.1 Å². The zero-order valence-corrected chi connectivity index (χ0v) is 18.9. The highest BCUT2D eigenvalue weighted by molar-refractivity contribution is 5.85. The maximum Gasteiger partial charge on any atom is 0.331 e. The lowest BCUT2D eigenvalue weighted by Gasteiger charge is -2.64. The van der Waals surface area contributed by atoms with Crippen molar-refractivity contribution in [1.29, 1.82) is 5.26 Å². The molecule has 4 saturated carbocycles. The maximum absolute atomic E-state index is 12.2. The van der Waals surface area contributed by atoms with Crippen molar-refractivity contribution in [2.24, 2.45) is 28.6 Å². The Bertz CT molecular complexity index is 924. The van der Waals surface area contributed by atoms with E-state index in [0.29, 0.717) is 38.7 Å². The molecule has 0 aromatic rings. The van der Waals surface area contributed by atoms with E-state index in [1.165, 1.54) is 6.92 Å². The van der Waals surface area contributed by atoms with E-state index in [1.54, 1.807) is 6.08 Å². The Morgan fingerprint density at radius 2 is 1.91 bits per heavy atom. The Kier molecular flexibility index (Phi) is 4.82. The van der Waals surface area contributed by atoms with Crippen molar-refractivity contribution in [1.82, 2.24) is 0 Å². The van der Waals surface area contributed by atoms with Crippen LogP contribution >= 0.6 is 0 Å². The summed E-state index contributed by atoms with van der Waals surface area (Å²) in [5.74, 6) is -0.742. The summed E-state index contributed by atoms with van der Waals surface area (Å²) in [6.07, 6.45) is 6.56. The van der Waals surface area contributed by atoms with Gasteiger partial charge in [0.25, 0.3) is 0 Å². The standard InChI is InChI=1S/C25H33NO6/c1-15(27)32-17-3-8-23(14-26)19-4-7-22(2)18(16-11-21(28)31-13-16)6-10-25(22,30)20(19)5-9-24(23,29)12-17/h11,17-20,29-30H,3-10,12-13H2,1-2H3/t17-,18+,19+,20-,22-,23+,24+,25+/m1/s1. The highest BCUT2D eigenvalue weighted by Gasteiger charge is 2.71. The molecule has 32 heavy (non-hydrogen) atoms. The maximum atomic E-state index is 12.2. The Hall–Kier alpha value is -1.91. The average molecular weight is 444 g/mol. The van der Waals surface area contributed by atoms with Crippen LogP contribution in [0.2, 0.25) is 0 Å². The average Bonchev–Trinajstić information content (AvgIpc) is 3.27. The second-order valence-electron chi connectivity index (χ2n) is 11.1. The quantitative estimate of drug-likeness (QED) is 0.630. The van der Waals surface area contributed by atoms with Gasteiger partial charge in [-0.2, -0.15) is 5.26 Å². The molecule has 0 amide bonds. The van der Waals surface area contributed by atoms with E-state index >= 15 is 0 Å². The van der Waals surface area contributed by atoms with Gasteiger partial charge in [0.1, 0.15) is 12.7 Å². The normalized spacial score (nSPS) is 49.7. The number of esters is 2. The molecule has 1 aliphatic heterocycles. The Morgan fingerprint density at radius 3 is 2.56 bits per heavy atom. The number of carbonyl (C=O) groups is 2. The SMILES string of the molecule is CC(=O)O[C@@H]1CC[C@]2(C#N)[C@H]3CC[C@]4(C)[C@H](C5=CC(=O)OC5)CC[C@]4(O)[C@@H]3CC[C@]2(O)C1. The third-order valence-corrected chi connectivity index (χ3v) is 10.1. The number of nitriles is 1. The third-order valence-electron chi connectivity index (χ3n) is 10.1. The lowest BCUT2D eigenvalue weighted by Crippen LogP contribution is -2.68. The summed E-state index contributed by atoms with van der Waals surface area (Å²) >= 11 is 0. The minimum absolute atomic E-state index is 0.0740. The van der Waals surface area contributed by atoms with E-state index in [1.807, 2.05) is 0 Å². The van der Waals surface area contributed by atoms with Crippen molar-refractivity contribution in [3.63, 3.8) is 0 Å². The molecular weight excluding hydrogens is 410 g/mol. The summed E-state index contributed by atoms with van der Waals surface area (Å²) in [6.45, 7) is 3.82. The largest absolute Gasteiger partial charge is 0.462 e. The molecule has 0 aromatic carbocycles. The number of hydrogen-bond donors (Lipinski definition) is 2. The van der Waals surface area contributed by atoms with Crippen LogP contribution in [0, 0.1) is 39.9 Å². The molecular formula is C25H33NO6. The summed E-state index contributed by atoms with van der Waals surface area (Å²) in [5.41, 5.74) is -2.48. The molecule has 7 heteroatoms. The minimum Gasteiger partial charge on any atom is -0.462 e. The van der Waals surface area contributed by atoms with Gasteiger partial charge in [-0.25, -0.2) is 4.79 Å². The first kappa shape index (κ1) is 21.9. The molecule has 0 unspecified atom stereocenters. The van der Waals surface area contributed by atoms with Crippen LogP contribution in [0.15, 0.2) is 11.6 Å². The summed E-state index contributed by atoms with van der Waals surface area (Å²) in [6, 6.07) is 2.54. The molecule has 4 fully saturated rings. The van der Waals surface area contributed by atoms with Crippen molar-refractivity contribution in [2.45, 2.75) is 88.9 Å².